The van der Waals surface area contributed by atoms with Gasteiger partial charge in [-0.2, -0.15) is 9.49 Å². The Hall–Kier alpha value is -2.77. The number of aromatic nitrogens is 3. The van der Waals surface area contributed by atoms with E-state index in [-0.39, 0.29) is 29.2 Å². The lowest BCUT2D eigenvalue weighted by molar-refractivity contribution is 0.0725. The van der Waals surface area contributed by atoms with Crippen LogP contribution in [-0.4, -0.2) is 39.1 Å². The fraction of sp³-hybridized carbons (Fsp3) is 0.444. The van der Waals surface area contributed by atoms with E-state index < -0.39 is 11.9 Å². The Balaban J connectivity index is 2.24. The topological polar surface area (TPSA) is 88.2 Å². The zero-order valence-electron chi connectivity index (χ0n) is 15.2. The second kappa shape index (κ2) is 9.07. The fourth-order valence-corrected chi connectivity index (χ4v) is 2.29. The van der Waals surface area contributed by atoms with E-state index in [1.54, 1.807) is 6.92 Å². The van der Waals surface area contributed by atoms with Crippen LogP contribution in [0.1, 0.15) is 43.4 Å². The number of nitrogens with zero attached hydrogens (tertiary/aromatic N) is 3. The summed E-state index contributed by atoms with van der Waals surface area (Å²) in [5.74, 6) is -0.539. The van der Waals surface area contributed by atoms with Crippen molar-refractivity contribution in [3.05, 3.63) is 51.8 Å². The molecule has 140 valence electrons. The number of H-pyrrole nitrogens is 1. The Labute approximate surface area is 151 Å². The SMILES string of the molecule is CCOc1cc(=O)c(CN(CCC(C)C)C(=O)c2cccc(F)n2)n[nH]1. The Morgan fingerprint density at radius 3 is 2.77 bits per heavy atom. The van der Waals surface area contributed by atoms with Crippen LogP contribution in [-0.2, 0) is 6.54 Å². The highest BCUT2D eigenvalue weighted by molar-refractivity contribution is 5.92. The molecule has 0 atom stereocenters. The molecule has 8 heteroatoms. The number of halogens is 1. The van der Waals surface area contributed by atoms with Gasteiger partial charge in [0.2, 0.25) is 17.3 Å². The molecule has 0 aliphatic heterocycles. The molecule has 0 fully saturated rings. The summed E-state index contributed by atoms with van der Waals surface area (Å²) in [5.41, 5.74) is -0.153. The van der Waals surface area contributed by atoms with E-state index in [2.05, 4.69) is 15.2 Å². The molecular weight excluding hydrogens is 339 g/mol. The molecule has 2 heterocycles. The lowest BCUT2D eigenvalue weighted by Gasteiger charge is -2.22. The smallest absolute Gasteiger partial charge is 0.272 e. The third-order valence-corrected chi connectivity index (χ3v) is 3.69. The van der Waals surface area contributed by atoms with Gasteiger partial charge in [0.05, 0.1) is 13.2 Å². The van der Waals surface area contributed by atoms with E-state index in [4.69, 9.17) is 4.74 Å². The van der Waals surface area contributed by atoms with Crippen LogP contribution < -0.4 is 10.2 Å². The van der Waals surface area contributed by atoms with Gasteiger partial charge in [-0.25, -0.2) is 10.1 Å². The first-order chi connectivity index (χ1) is 12.4. The predicted octanol–water partition coefficient (Wildman–Crippen LogP) is 2.39. The number of ether oxygens (including phenoxy) is 1. The van der Waals surface area contributed by atoms with Crippen molar-refractivity contribution in [3.63, 3.8) is 0 Å². The average molecular weight is 362 g/mol. The van der Waals surface area contributed by atoms with Crippen molar-refractivity contribution in [2.45, 2.75) is 33.7 Å². The Bertz CT molecular complexity index is 807. The maximum absolute atomic E-state index is 13.3. The molecule has 0 aliphatic carbocycles. The standard InChI is InChI=1S/C18H23FN4O3/c1-4-26-17-10-15(24)14(21-22-17)11-23(9-8-12(2)3)18(25)13-6-5-7-16(19)20-13/h5-7,10,12H,4,8-9,11H2,1-3H3,(H,22,24). The number of nitrogens with one attached hydrogen (secondary N) is 1. The Kier molecular flexibility index (Phi) is 6.82. The van der Waals surface area contributed by atoms with Crippen LogP contribution in [0.15, 0.2) is 29.1 Å². The molecule has 0 saturated heterocycles. The predicted molar refractivity (Wildman–Crippen MR) is 94.4 cm³/mol. The molecule has 0 saturated carbocycles. The third kappa shape index (κ3) is 5.37. The van der Waals surface area contributed by atoms with Crippen LogP contribution >= 0.6 is 0 Å². The van der Waals surface area contributed by atoms with Crippen LogP contribution in [0, 0.1) is 11.9 Å². The third-order valence-electron chi connectivity index (χ3n) is 3.69. The number of pyridine rings is 1. The van der Waals surface area contributed by atoms with Crippen molar-refractivity contribution in [2.75, 3.05) is 13.2 Å². The van der Waals surface area contributed by atoms with Crippen LogP contribution in [0.25, 0.3) is 0 Å². The number of hydrogen-bond donors (Lipinski definition) is 1. The maximum atomic E-state index is 13.3. The number of carbonyl (C=O) groups is 1. The van der Waals surface area contributed by atoms with E-state index in [9.17, 15) is 14.0 Å². The van der Waals surface area contributed by atoms with E-state index in [0.29, 0.717) is 19.1 Å². The second-order valence-electron chi connectivity index (χ2n) is 6.23. The van der Waals surface area contributed by atoms with Crippen LogP contribution in [0.2, 0.25) is 0 Å². The molecule has 26 heavy (non-hydrogen) atoms. The van der Waals surface area contributed by atoms with Crippen LogP contribution in [0.3, 0.4) is 0 Å². The zero-order chi connectivity index (χ0) is 19.1. The molecule has 1 N–H and O–H groups in total. The van der Waals surface area contributed by atoms with Gasteiger partial charge in [0.15, 0.2) is 0 Å². The largest absolute Gasteiger partial charge is 0.478 e. The molecule has 2 aromatic rings. The molecule has 0 bridgehead atoms. The minimum atomic E-state index is -0.725. The summed E-state index contributed by atoms with van der Waals surface area (Å²) >= 11 is 0. The van der Waals surface area contributed by atoms with E-state index >= 15 is 0 Å². The van der Waals surface area contributed by atoms with Gasteiger partial charge in [-0.15, -0.1) is 0 Å². The van der Waals surface area contributed by atoms with Gasteiger partial charge in [-0.1, -0.05) is 19.9 Å². The summed E-state index contributed by atoms with van der Waals surface area (Å²) in [7, 11) is 0. The summed E-state index contributed by atoms with van der Waals surface area (Å²) in [6.07, 6.45) is 0.732. The van der Waals surface area contributed by atoms with Crippen molar-refractivity contribution < 1.29 is 13.9 Å². The number of rotatable bonds is 8. The lowest BCUT2D eigenvalue weighted by Crippen LogP contribution is -2.35. The van der Waals surface area contributed by atoms with Gasteiger partial charge in [-0.3, -0.25) is 9.59 Å². The number of amides is 1. The molecule has 2 rings (SSSR count). The van der Waals surface area contributed by atoms with Crippen molar-refractivity contribution in [1.82, 2.24) is 20.1 Å². The molecule has 2 aromatic heterocycles. The minimum Gasteiger partial charge on any atom is -0.478 e. The van der Waals surface area contributed by atoms with Crippen molar-refractivity contribution in [1.29, 1.82) is 0 Å². The van der Waals surface area contributed by atoms with E-state index in [1.165, 1.54) is 29.2 Å². The monoisotopic (exact) mass is 362 g/mol. The molecular formula is C18H23FN4O3. The molecule has 1 amide bonds. The summed E-state index contributed by atoms with van der Waals surface area (Å²) in [5, 5.41) is 6.66. The van der Waals surface area contributed by atoms with Gasteiger partial charge >= 0.3 is 0 Å². The van der Waals surface area contributed by atoms with Crippen LogP contribution in [0.5, 0.6) is 5.88 Å². The maximum Gasteiger partial charge on any atom is 0.272 e. The number of aromatic amines is 1. The van der Waals surface area contributed by atoms with Crippen LogP contribution in [0.4, 0.5) is 4.39 Å². The second-order valence-corrected chi connectivity index (χ2v) is 6.23. The first-order valence-electron chi connectivity index (χ1n) is 8.54. The Morgan fingerprint density at radius 2 is 2.15 bits per heavy atom. The highest BCUT2D eigenvalue weighted by atomic mass is 19.1. The van der Waals surface area contributed by atoms with Gasteiger partial charge in [0, 0.05) is 12.6 Å². The normalized spacial score (nSPS) is 10.8. The van der Waals surface area contributed by atoms with Crippen molar-refractivity contribution in [3.8, 4) is 5.88 Å². The Morgan fingerprint density at radius 1 is 1.38 bits per heavy atom. The van der Waals surface area contributed by atoms with Crippen molar-refractivity contribution >= 4 is 5.91 Å². The molecule has 0 unspecified atom stereocenters. The fourth-order valence-electron chi connectivity index (χ4n) is 2.29. The van der Waals surface area contributed by atoms with E-state index in [1.807, 2.05) is 13.8 Å². The van der Waals surface area contributed by atoms with Gasteiger partial charge in [0.25, 0.3) is 5.91 Å². The first kappa shape index (κ1) is 19.6. The summed E-state index contributed by atoms with van der Waals surface area (Å²) in [6, 6.07) is 5.35. The number of carbonyl (C=O) groups excluding carboxylic acids is 1. The first-order valence-corrected chi connectivity index (χ1v) is 8.54. The highest BCUT2D eigenvalue weighted by Gasteiger charge is 2.20. The summed E-state index contributed by atoms with van der Waals surface area (Å²) < 4.78 is 18.6. The minimum absolute atomic E-state index is 0.00359. The van der Waals surface area contributed by atoms with Gasteiger partial charge in [0.1, 0.15) is 11.4 Å². The summed E-state index contributed by atoms with van der Waals surface area (Å²) in [4.78, 5) is 30.0. The molecule has 0 aromatic carbocycles. The highest BCUT2D eigenvalue weighted by Crippen LogP contribution is 2.10. The average Bonchev–Trinajstić information content (AvgIpc) is 2.60. The molecule has 0 radical (unpaired) electrons. The van der Waals surface area contributed by atoms with Gasteiger partial charge in [-0.05, 0) is 31.4 Å². The van der Waals surface area contributed by atoms with E-state index in [0.717, 1.165) is 6.42 Å². The lowest BCUT2D eigenvalue weighted by atomic mass is 10.1. The van der Waals surface area contributed by atoms with Gasteiger partial charge < -0.3 is 9.64 Å². The zero-order valence-corrected chi connectivity index (χ0v) is 15.2. The number of hydrogen-bond acceptors (Lipinski definition) is 5. The molecule has 0 aliphatic rings. The molecule has 7 nitrogen and oxygen atoms in total. The molecule has 0 spiro atoms. The quantitative estimate of drug-likeness (QED) is 0.729. The summed E-state index contributed by atoms with van der Waals surface area (Å²) in [6.45, 7) is 6.68. The van der Waals surface area contributed by atoms with Crippen molar-refractivity contribution in [2.24, 2.45) is 5.92 Å².